The SMILES string of the molecule is CCOc1cccc(C(C)NC(=O)C2=NN(c3ccc(F)cc3)C(C(N)=O)C2)c1. The molecule has 0 bridgehead atoms. The second-order valence-corrected chi connectivity index (χ2v) is 6.69. The predicted molar refractivity (Wildman–Crippen MR) is 108 cm³/mol. The van der Waals surface area contributed by atoms with Gasteiger partial charge in [-0.1, -0.05) is 12.1 Å². The Balaban J connectivity index is 1.76. The first kappa shape index (κ1) is 20.3. The first-order valence-electron chi connectivity index (χ1n) is 9.34. The van der Waals surface area contributed by atoms with Crippen LogP contribution in [0, 0.1) is 5.82 Å². The molecule has 0 saturated heterocycles. The van der Waals surface area contributed by atoms with Crippen molar-refractivity contribution >= 4 is 23.2 Å². The minimum absolute atomic E-state index is 0.0737. The van der Waals surface area contributed by atoms with E-state index in [1.807, 2.05) is 38.1 Å². The van der Waals surface area contributed by atoms with Crippen LogP contribution >= 0.6 is 0 Å². The lowest BCUT2D eigenvalue weighted by atomic mass is 10.1. The highest BCUT2D eigenvalue weighted by Gasteiger charge is 2.35. The Bertz CT molecular complexity index is 930. The number of anilines is 1. The number of nitrogens with two attached hydrogens (primary N) is 1. The Kier molecular flexibility index (Phi) is 6.11. The molecule has 3 rings (SSSR count). The molecule has 0 radical (unpaired) electrons. The topological polar surface area (TPSA) is 97.0 Å². The van der Waals surface area contributed by atoms with E-state index in [2.05, 4.69) is 10.4 Å². The Hall–Kier alpha value is -3.42. The summed E-state index contributed by atoms with van der Waals surface area (Å²) >= 11 is 0. The first-order chi connectivity index (χ1) is 13.9. The van der Waals surface area contributed by atoms with Gasteiger partial charge in [-0.15, -0.1) is 0 Å². The third kappa shape index (κ3) is 4.71. The zero-order chi connectivity index (χ0) is 21.0. The number of hydrazone groups is 1. The molecule has 0 spiro atoms. The molecule has 1 aliphatic rings. The third-order valence-corrected chi connectivity index (χ3v) is 4.61. The van der Waals surface area contributed by atoms with Crippen LogP contribution in [-0.4, -0.2) is 30.2 Å². The van der Waals surface area contributed by atoms with Gasteiger partial charge in [-0.05, 0) is 55.8 Å². The van der Waals surface area contributed by atoms with Crippen molar-refractivity contribution in [3.63, 3.8) is 0 Å². The zero-order valence-corrected chi connectivity index (χ0v) is 16.3. The van der Waals surface area contributed by atoms with Crippen molar-refractivity contribution in [3.8, 4) is 5.75 Å². The van der Waals surface area contributed by atoms with Crippen molar-refractivity contribution in [3.05, 3.63) is 59.9 Å². The lowest BCUT2D eigenvalue weighted by Crippen LogP contribution is -2.40. The van der Waals surface area contributed by atoms with E-state index in [1.54, 1.807) is 0 Å². The summed E-state index contributed by atoms with van der Waals surface area (Å²) < 4.78 is 18.7. The molecule has 1 heterocycles. The summed E-state index contributed by atoms with van der Waals surface area (Å²) in [5, 5.41) is 8.52. The normalized spacial score (nSPS) is 16.9. The lowest BCUT2D eigenvalue weighted by Gasteiger charge is -2.20. The second kappa shape index (κ2) is 8.72. The molecule has 7 nitrogen and oxygen atoms in total. The van der Waals surface area contributed by atoms with Crippen LogP contribution in [-0.2, 0) is 9.59 Å². The Morgan fingerprint density at radius 1 is 1.31 bits per heavy atom. The van der Waals surface area contributed by atoms with E-state index in [9.17, 15) is 14.0 Å². The number of nitrogens with zero attached hydrogens (tertiary/aromatic N) is 2. The molecule has 0 aromatic heterocycles. The number of hydrogen-bond donors (Lipinski definition) is 2. The zero-order valence-electron chi connectivity index (χ0n) is 16.3. The smallest absolute Gasteiger partial charge is 0.268 e. The van der Waals surface area contributed by atoms with Gasteiger partial charge >= 0.3 is 0 Å². The van der Waals surface area contributed by atoms with Crippen LogP contribution in [0.4, 0.5) is 10.1 Å². The molecule has 152 valence electrons. The van der Waals surface area contributed by atoms with Gasteiger partial charge in [-0.25, -0.2) is 4.39 Å². The Morgan fingerprint density at radius 2 is 2.03 bits per heavy atom. The summed E-state index contributed by atoms with van der Waals surface area (Å²) in [7, 11) is 0. The standard InChI is InChI=1S/C21H23FN4O3/c1-3-29-17-6-4-5-14(11-17)13(2)24-21(28)18-12-19(20(23)27)26(25-18)16-9-7-15(22)8-10-16/h4-11,13,19H,3,12H2,1-2H3,(H2,23,27)(H,24,28). The summed E-state index contributed by atoms with van der Waals surface area (Å²) in [6.45, 7) is 4.30. The predicted octanol–water partition coefficient (Wildman–Crippen LogP) is 2.52. The molecule has 8 heteroatoms. The maximum Gasteiger partial charge on any atom is 0.268 e. The minimum atomic E-state index is -0.808. The summed E-state index contributed by atoms with van der Waals surface area (Å²) in [6, 6.07) is 11.8. The lowest BCUT2D eigenvalue weighted by molar-refractivity contribution is -0.119. The van der Waals surface area contributed by atoms with Crippen LogP contribution in [0.1, 0.15) is 31.9 Å². The average Bonchev–Trinajstić information content (AvgIpc) is 3.15. The van der Waals surface area contributed by atoms with E-state index in [0.29, 0.717) is 12.3 Å². The maximum atomic E-state index is 13.2. The molecular weight excluding hydrogens is 375 g/mol. The second-order valence-electron chi connectivity index (χ2n) is 6.69. The molecular formula is C21H23FN4O3. The molecule has 2 unspecified atom stereocenters. The van der Waals surface area contributed by atoms with E-state index in [1.165, 1.54) is 29.3 Å². The van der Waals surface area contributed by atoms with Gasteiger partial charge in [-0.3, -0.25) is 14.6 Å². The number of halogens is 1. The van der Waals surface area contributed by atoms with Crippen LogP contribution in [0.15, 0.2) is 53.6 Å². The number of carbonyl (C=O) groups excluding carboxylic acids is 2. The van der Waals surface area contributed by atoms with Gasteiger partial charge in [0.1, 0.15) is 23.3 Å². The third-order valence-electron chi connectivity index (χ3n) is 4.61. The molecule has 0 fully saturated rings. The van der Waals surface area contributed by atoms with Crippen molar-refractivity contribution in [1.29, 1.82) is 0 Å². The number of rotatable bonds is 7. The number of ether oxygens (including phenoxy) is 1. The van der Waals surface area contributed by atoms with Crippen molar-refractivity contribution in [1.82, 2.24) is 5.32 Å². The number of benzene rings is 2. The van der Waals surface area contributed by atoms with Crippen LogP contribution in [0.2, 0.25) is 0 Å². The summed E-state index contributed by atoms with van der Waals surface area (Å²) in [5.41, 5.74) is 7.03. The van der Waals surface area contributed by atoms with Gasteiger partial charge in [0.15, 0.2) is 0 Å². The fraction of sp³-hybridized carbons (Fsp3) is 0.286. The molecule has 0 saturated carbocycles. The fourth-order valence-electron chi connectivity index (χ4n) is 3.10. The van der Waals surface area contributed by atoms with Crippen LogP contribution in [0.5, 0.6) is 5.75 Å². The van der Waals surface area contributed by atoms with Crippen molar-refractivity contribution in [2.24, 2.45) is 10.8 Å². The highest BCUT2D eigenvalue weighted by molar-refractivity contribution is 6.40. The monoisotopic (exact) mass is 398 g/mol. The molecule has 2 amide bonds. The quantitative estimate of drug-likeness (QED) is 0.749. The van der Waals surface area contributed by atoms with Gasteiger partial charge in [0.2, 0.25) is 5.91 Å². The van der Waals surface area contributed by atoms with E-state index in [4.69, 9.17) is 10.5 Å². The number of primary amides is 1. The van der Waals surface area contributed by atoms with E-state index >= 15 is 0 Å². The molecule has 3 N–H and O–H groups in total. The van der Waals surface area contributed by atoms with Gasteiger partial charge in [0.05, 0.1) is 18.3 Å². The molecule has 2 aromatic rings. The number of amides is 2. The molecule has 0 aliphatic carbocycles. The first-order valence-corrected chi connectivity index (χ1v) is 9.34. The number of nitrogens with one attached hydrogen (secondary N) is 1. The van der Waals surface area contributed by atoms with Crippen molar-refractivity contribution in [2.75, 3.05) is 11.6 Å². The van der Waals surface area contributed by atoms with E-state index < -0.39 is 23.7 Å². The largest absolute Gasteiger partial charge is 0.494 e. The summed E-state index contributed by atoms with van der Waals surface area (Å²) in [5.74, 6) is -0.692. The van der Waals surface area contributed by atoms with E-state index in [-0.39, 0.29) is 18.2 Å². The van der Waals surface area contributed by atoms with Crippen LogP contribution < -0.4 is 20.8 Å². The van der Waals surface area contributed by atoms with Crippen molar-refractivity contribution < 1.29 is 18.7 Å². The van der Waals surface area contributed by atoms with Crippen LogP contribution in [0.25, 0.3) is 0 Å². The minimum Gasteiger partial charge on any atom is -0.494 e. The molecule has 2 aromatic carbocycles. The number of hydrogen-bond acceptors (Lipinski definition) is 5. The van der Waals surface area contributed by atoms with Crippen LogP contribution in [0.3, 0.4) is 0 Å². The Labute approximate surface area is 168 Å². The van der Waals surface area contributed by atoms with Crippen molar-refractivity contribution in [2.45, 2.75) is 32.4 Å². The van der Waals surface area contributed by atoms with E-state index in [0.717, 1.165) is 11.3 Å². The maximum absolute atomic E-state index is 13.2. The highest BCUT2D eigenvalue weighted by atomic mass is 19.1. The van der Waals surface area contributed by atoms with Gasteiger partial charge in [0.25, 0.3) is 5.91 Å². The Morgan fingerprint density at radius 3 is 2.69 bits per heavy atom. The molecule has 1 aliphatic heterocycles. The van der Waals surface area contributed by atoms with Gasteiger partial charge < -0.3 is 15.8 Å². The fourth-order valence-corrected chi connectivity index (χ4v) is 3.10. The molecule has 2 atom stereocenters. The van der Waals surface area contributed by atoms with Gasteiger partial charge in [0, 0.05) is 6.42 Å². The summed E-state index contributed by atoms with van der Waals surface area (Å²) in [6.07, 6.45) is 0.0737. The highest BCUT2D eigenvalue weighted by Crippen LogP contribution is 2.25. The average molecular weight is 398 g/mol. The number of carbonyl (C=O) groups is 2. The van der Waals surface area contributed by atoms with Gasteiger partial charge in [-0.2, -0.15) is 5.10 Å². The molecule has 29 heavy (non-hydrogen) atoms. The summed E-state index contributed by atoms with van der Waals surface area (Å²) in [4.78, 5) is 24.6.